The summed E-state index contributed by atoms with van der Waals surface area (Å²) in [4.78, 5) is 0. The van der Waals surface area contributed by atoms with Crippen molar-refractivity contribution in [2.45, 2.75) is 71.0 Å². The molecule has 0 aromatic heterocycles. The Hall–Kier alpha value is -1.86. The maximum atomic E-state index is 2.63. The lowest BCUT2D eigenvalue weighted by atomic mass is 9.95. The van der Waals surface area contributed by atoms with Crippen LogP contribution in [-0.4, -0.2) is 8.07 Å². The number of aryl methyl sites for hydroxylation is 2. The molecule has 0 unspecified atom stereocenters. The highest BCUT2D eigenvalue weighted by Crippen LogP contribution is 2.45. The number of benzene rings is 3. The van der Waals surface area contributed by atoms with Crippen molar-refractivity contribution >= 4 is 24.0 Å². The molecule has 0 amide bonds. The Morgan fingerprint density at radius 3 is 1.96 bits per heavy atom. The molecule has 3 aromatic rings. The minimum atomic E-state index is -1.72. The van der Waals surface area contributed by atoms with Gasteiger partial charge in [0, 0.05) is 0 Å². The van der Waals surface area contributed by atoms with Gasteiger partial charge in [-0.05, 0) is 62.5 Å². The maximum absolute atomic E-state index is 2.63. The number of hydrogen-bond donors (Lipinski definition) is 0. The van der Waals surface area contributed by atoms with Crippen LogP contribution in [0.4, 0.5) is 0 Å². The molecule has 1 aliphatic carbocycles. The van der Waals surface area contributed by atoms with Crippen molar-refractivity contribution in [2.75, 3.05) is 0 Å². The summed E-state index contributed by atoms with van der Waals surface area (Å²) in [7, 11) is -1.72. The summed E-state index contributed by atoms with van der Waals surface area (Å²) in [6.07, 6.45) is 2.43. The third-order valence-corrected chi connectivity index (χ3v) is 14.5. The molecule has 1 aliphatic rings. The summed E-state index contributed by atoms with van der Waals surface area (Å²) in [5.41, 5.74) is 8.25. The second kappa shape index (κ2) is 7.19. The Labute approximate surface area is 172 Å². The standard InChI is InChI=1S/C27H34Si/c1-18(2)28(19(3)4,20(5)6)26-17-25(21-11-8-7-9-12-21)23-14-10-13-22-15-16-24(26)27(22)23/h7-14,17-20H,15-16H2,1-6H3. The van der Waals surface area contributed by atoms with Crippen LogP contribution in [0.3, 0.4) is 0 Å². The smallest absolute Gasteiger partial charge is 0.0648 e. The zero-order valence-electron chi connectivity index (χ0n) is 18.3. The second-order valence-electron chi connectivity index (χ2n) is 9.55. The fourth-order valence-electron chi connectivity index (χ4n) is 6.53. The van der Waals surface area contributed by atoms with Crippen LogP contribution >= 0.6 is 0 Å². The zero-order chi connectivity index (χ0) is 20.1. The molecule has 4 rings (SSSR count). The summed E-state index contributed by atoms with van der Waals surface area (Å²) in [5.74, 6) is 0. The van der Waals surface area contributed by atoms with Gasteiger partial charge in [-0.1, -0.05) is 101 Å². The van der Waals surface area contributed by atoms with E-state index in [1.54, 1.807) is 21.7 Å². The Morgan fingerprint density at radius 2 is 1.36 bits per heavy atom. The molecule has 0 bridgehead atoms. The Kier molecular flexibility index (Phi) is 4.99. The third-order valence-electron chi connectivity index (χ3n) is 7.42. The number of rotatable bonds is 5. The Morgan fingerprint density at radius 1 is 0.714 bits per heavy atom. The fourth-order valence-corrected chi connectivity index (χ4v) is 13.6. The van der Waals surface area contributed by atoms with Gasteiger partial charge in [0.15, 0.2) is 0 Å². The topological polar surface area (TPSA) is 0 Å². The van der Waals surface area contributed by atoms with E-state index < -0.39 is 8.07 Å². The molecule has 0 aliphatic heterocycles. The highest BCUT2D eigenvalue weighted by Gasteiger charge is 2.46. The van der Waals surface area contributed by atoms with Gasteiger partial charge in [0.25, 0.3) is 0 Å². The first kappa shape index (κ1) is 19.5. The highest BCUT2D eigenvalue weighted by atomic mass is 28.3. The average Bonchev–Trinajstić information content (AvgIpc) is 3.09. The van der Waals surface area contributed by atoms with E-state index in [9.17, 15) is 0 Å². The molecule has 28 heavy (non-hydrogen) atoms. The largest absolute Gasteiger partial charge is 0.0946 e. The van der Waals surface area contributed by atoms with Crippen molar-refractivity contribution in [3.63, 3.8) is 0 Å². The van der Waals surface area contributed by atoms with Crippen molar-refractivity contribution < 1.29 is 0 Å². The summed E-state index contributed by atoms with van der Waals surface area (Å²) in [6, 6.07) is 20.7. The predicted octanol–water partition coefficient (Wildman–Crippen LogP) is 7.49. The van der Waals surface area contributed by atoms with Gasteiger partial charge in [0.1, 0.15) is 0 Å². The minimum absolute atomic E-state index is 0.734. The van der Waals surface area contributed by atoms with Crippen molar-refractivity contribution in [1.82, 2.24) is 0 Å². The molecule has 0 saturated heterocycles. The van der Waals surface area contributed by atoms with E-state index in [1.165, 1.54) is 29.4 Å². The van der Waals surface area contributed by atoms with Gasteiger partial charge >= 0.3 is 0 Å². The molecule has 3 aromatic carbocycles. The summed E-state index contributed by atoms with van der Waals surface area (Å²) < 4.78 is 0. The molecule has 0 heterocycles. The van der Waals surface area contributed by atoms with Crippen LogP contribution in [0.1, 0.15) is 52.7 Å². The molecular formula is C27H34Si. The molecule has 0 radical (unpaired) electrons. The van der Waals surface area contributed by atoms with E-state index in [0.717, 1.165) is 16.6 Å². The molecule has 0 nitrogen and oxygen atoms in total. The van der Waals surface area contributed by atoms with Gasteiger partial charge in [-0.3, -0.25) is 0 Å². The number of hydrogen-bond acceptors (Lipinski definition) is 0. The summed E-state index contributed by atoms with van der Waals surface area (Å²) >= 11 is 0. The maximum Gasteiger partial charge on any atom is 0.0946 e. The van der Waals surface area contributed by atoms with Gasteiger partial charge in [-0.25, -0.2) is 0 Å². The van der Waals surface area contributed by atoms with Crippen LogP contribution in [-0.2, 0) is 12.8 Å². The van der Waals surface area contributed by atoms with Gasteiger partial charge in [-0.2, -0.15) is 0 Å². The van der Waals surface area contributed by atoms with Crippen molar-refractivity contribution in [3.8, 4) is 11.1 Å². The van der Waals surface area contributed by atoms with Gasteiger partial charge < -0.3 is 0 Å². The van der Waals surface area contributed by atoms with Crippen LogP contribution < -0.4 is 5.19 Å². The normalized spacial score (nSPS) is 14.0. The van der Waals surface area contributed by atoms with Gasteiger partial charge in [-0.15, -0.1) is 0 Å². The lowest BCUT2D eigenvalue weighted by Gasteiger charge is -2.45. The molecule has 0 saturated carbocycles. The van der Waals surface area contributed by atoms with Crippen LogP contribution in [0.5, 0.6) is 0 Å². The molecular weight excluding hydrogens is 352 g/mol. The predicted molar refractivity (Wildman–Crippen MR) is 127 cm³/mol. The zero-order valence-corrected chi connectivity index (χ0v) is 19.3. The third kappa shape index (κ3) is 2.70. The average molecular weight is 387 g/mol. The summed E-state index contributed by atoms with van der Waals surface area (Å²) in [5, 5.41) is 4.79. The van der Waals surface area contributed by atoms with Crippen LogP contribution in [0.15, 0.2) is 54.6 Å². The molecule has 0 fully saturated rings. The van der Waals surface area contributed by atoms with Crippen LogP contribution in [0, 0.1) is 0 Å². The quantitative estimate of drug-likeness (QED) is 0.398. The van der Waals surface area contributed by atoms with Crippen molar-refractivity contribution in [3.05, 3.63) is 65.7 Å². The lowest BCUT2D eigenvalue weighted by molar-refractivity contribution is 0.833. The molecule has 0 spiro atoms. The van der Waals surface area contributed by atoms with E-state index in [0.29, 0.717) is 0 Å². The molecule has 0 N–H and O–H groups in total. The second-order valence-corrected chi connectivity index (χ2v) is 15.4. The SMILES string of the molecule is CC(C)[Si](c1cc(-c2ccccc2)c2cccc3c2c1CC3)(C(C)C)C(C)C. The first-order chi connectivity index (χ1) is 13.4. The van der Waals surface area contributed by atoms with E-state index in [1.807, 2.05) is 0 Å². The fraction of sp³-hybridized carbons (Fsp3) is 0.407. The highest BCUT2D eigenvalue weighted by molar-refractivity contribution is 6.95. The molecule has 0 atom stereocenters. The van der Waals surface area contributed by atoms with Crippen LogP contribution in [0.2, 0.25) is 16.6 Å². The van der Waals surface area contributed by atoms with Crippen molar-refractivity contribution in [1.29, 1.82) is 0 Å². The molecule has 146 valence electrons. The Bertz CT molecular complexity index is 974. The first-order valence-electron chi connectivity index (χ1n) is 11.0. The Balaban J connectivity index is 2.15. The first-order valence-corrected chi connectivity index (χ1v) is 13.3. The van der Waals surface area contributed by atoms with E-state index >= 15 is 0 Å². The summed E-state index contributed by atoms with van der Waals surface area (Å²) in [6.45, 7) is 15.0. The van der Waals surface area contributed by atoms with E-state index in [4.69, 9.17) is 0 Å². The van der Waals surface area contributed by atoms with Gasteiger partial charge in [0.05, 0.1) is 8.07 Å². The van der Waals surface area contributed by atoms with Crippen LogP contribution in [0.25, 0.3) is 21.9 Å². The van der Waals surface area contributed by atoms with Gasteiger partial charge in [0.2, 0.25) is 0 Å². The monoisotopic (exact) mass is 386 g/mol. The minimum Gasteiger partial charge on any atom is -0.0648 e. The lowest BCUT2D eigenvalue weighted by Crippen LogP contribution is -2.56. The van der Waals surface area contributed by atoms with Crippen molar-refractivity contribution in [2.24, 2.45) is 0 Å². The molecule has 1 heteroatoms. The van der Waals surface area contributed by atoms with E-state index in [-0.39, 0.29) is 0 Å². The van der Waals surface area contributed by atoms with E-state index in [2.05, 4.69) is 96.1 Å².